The van der Waals surface area contributed by atoms with E-state index >= 15 is 0 Å². The third-order valence-corrected chi connectivity index (χ3v) is 14.3. The van der Waals surface area contributed by atoms with Crippen molar-refractivity contribution in [3.63, 3.8) is 0 Å². The number of hydrogen-bond donors (Lipinski definition) is 5. The molecule has 9 atom stereocenters. The summed E-state index contributed by atoms with van der Waals surface area (Å²) in [5.41, 5.74) is 2.76. The molecule has 4 rings (SSSR count). The van der Waals surface area contributed by atoms with E-state index in [-0.39, 0.29) is 54.7 Å². The van der Waals surface area contributed by atoms with Crippen LogP contribution in [0.3, 0.4) is 0 Å². The van der Waals surface area contributed by atoms with E-state index in [1.165, 1.54) is 0 Å². The van der Waals surface area contributed by atoms with Gasteiger partial charge in [0, 0.05) is 63.3 Å². The topological polar surface area (TPSA) is 203 Å². The minimum absolute atomic E-state index is 0.00961. The monoisotopic (exact) mass is 974 g/mol. The second-order valence-corrected chi connectivity index (χ2v) is 20.0. The molecule has 1 fully saturated rings. The van der Waals surface area contributed by atoms with Crippen molar-refractivity contribution in [1.29, 1.82) is 0 Å². The van der Waals surface area contributed by atoms with Crippen LogP contribution in [0.1, 0.15) is 111 Å². The molecule has 70 heavy (non-hydrogen) atoms. The van der Waals surface area contributed by atoms with Crippen molar-refractivity contribution >= 4 is 46.4 Å². The minimum Gasteiger partial charge on any atom is -0.481 e. The number of aliphatic carboxylic acids is 1. The zero-order chi connectivity index (χ0) is 51.7. The molecule has 1 aromatic heterocycles. The number of ether oxygens (including phenoxy) is 2. The van der Waals surface area contributed by atoms with E-state index < -0.39 is 66.1 Å². The number of rotatable bonds is 29. The number of carbonyl (C=O) groups excluding carboxylic acids is 5. The molecule has 16 nitrogen and oxygen atoms in total. The van der Waals surface area contributed by atoms with Gasteiger partial charge in [0.1, 0.15) is 6.04 Å². The number of methoxy groups -OCH3 is 2. The van der Waals surface area contributed by atoms with Gasteiger partial charge in [-0.1, -0.05) is 110 Å². The number of H-pyrrole nitrogens is 1. The van der Waals surface area contributed by atoms with Crippen molar-refractivity contribution in [3.05, 3.63) is 71.9 Å². The fourth-order valence-corrected chi connectivity index (χ4v) is 10.5. The largest absolute Gasteiger partial charge is 0.481 e. The van der Waals surface area contributed by atoms with Gasteiger partial charge in [0.15, 0.2) is 0 Å². The number of carbonyl (C=O) groups is 6. The zero-order valence-electron chi connectivity index (χ0n) is 43.7. The number of imide groups is 1. The van der Waals surface area contributed by atoms with Crippen LogP contribution in [-0.2, 0) is 51.2 Å². The lowest BCUT2D eigenvalue weighted by Gasteiger charge is -2.43. The summed E-state index contributed by atoms with van der Waals surface area (Å²) in [5.74, 6) is -3.55. The summed E-state index contributed by atoms with van der Waals surface area (Å²) in [4.78, 5) is 90.9. The Bertz CT molecular complexity index is 2150. The van der Waals surface area contributed by atoms with Gasteiger partial charge in [-0.3, -0.25) is 43.9 Å². The van der Waals surface area contributed by atoms with Gasteiger partial charge in [0.25, 0.3) is 0 Å². The first-order valence-corrected chi connectivity index (χ1v) is 25.4. The highest BCUT2D eigenvalue weighted by Gasteiger charge is 2.44. The normalized spacial score (nSPS) is 17.5. The fourth-order valence-electron chi connectivity index (χ4n) is 10.5. The summed E-state index contributed by atoms with van der Waals surface area (Å²) >= 11 is 0. The molecule has 1 aliphatic heterocycles. The molecule has 2 heterocycles. The molecule has 1 aliphatic rings. The first-order chi connectivity index (χ1) is 33.3. The maximum absolute atomic E-state index is 14.6. The molecule has 0 radical (unpaired) electrons. The molecule has 5 N–H and O–H groups in total. The van der Waals surface area contributed by atoms with E-state index in [9.17, 15) is 28.8 Å². The number of para-hydroxylation sites is 1. The second kappa shape index (κ2) is 28.0. The molecule has 2 aromatic carbocycles. The Kier molecular flexibility index (Phi) is 23.0. The second-order valence-electron chi connectivity index (χ2n) is 20.0. The molecule has 0 spiro atoms. The molecule has 0 saturated carbocycles. The highest BCUT2D eigenvalue weighted by molar-refractivity contribution is 6.00. The number of carboxylic acids is 1. The van der Waals surface area contributed by atoms with Crippen LogP contribution in [0.25, 0.3) is 10.9 Å². The van der Waals surface area contributed by atoms with Crippen LogP contribution < -0.4 is 16.0 Å². The number of likely N-dealkylation sites (N-methyl/N-ethyl adjacent to an activating group) is 2. The number of nitrogens with one attached hydrogen (secondary N) is 4. The number of amides is 5. The van der Waals surface area contributed by atoms with Crippen LogP contribution in [0.15, 0.2) is 60.8 Å². The summed E-state index contributed by atoms with van der Waals surface area (Å²) in [6, 6.07) is 14.4. The van der Waals surface area contributed by atoms with Crippen molar-refractivity contribution < 1.29 is 43.3 Å². The first kappa shape index (κ1) is 57.4. The van der Waals surface area contributed by atoms with Crippen LogP contribution in [0.5, 0.6) is 0 Å². The maximum Gasteiger partial charge on any atom is 0.303 e. The molecule has 0 unspecified atom stereocenters. The Balaban J connectivity index is 1.49. The summed E-state index contributed by atoms with van der Waals surface area (Å²) < 4.78 is 12.3. The number of hydrogen-bond acceptors (Lipinski definition) is 10. The molecule has 0 bridgehead atoms. The van der Waals surface area contributed by atoms with Crippen LogP contribution in [0.2, 0.25) is 0 Å². The summed E-state index contributed by atoms with van der Waals surface area (Å²) in [6.45, 7) is 15.0. The van der Waals surface area contributed by atoms with Gasteiger partial charge in [-0.15, -0.1) is 0 Å². The highest BCUT2D eigenvalue weighted by Crippen LogP contribution is 2.31. The standard InChI is InChI=1S/C54H83N7O9/c1-12-36(6)49(60(9)48(35(4)5)54(68)58-53(67)47(34(2)3)59(8)28-20-14-17-27-46(63)64)44(69-10)31-45(62)61-29-21-26-43(61)50(70-11)37(7)51(65)57-42(52(66)56-32-38-22-15-13-16-23-38)30-39-33-55-41-25-19-18-24-40(39)41/h13,15-16,18-19,22-25,33-37,42-44,47-50,55H,12,14,17,20-21,26-32H2,1-11H3,(H,56,66)(H,57,65)(H,63,64)(H,58,67,68)/t36-,37+,42-,43-,44+,47-,48-,49-,50+/m0/s1. The number of nitrogens with zero attached hydrogens (tertiary/aromatic N) is 3. The van der Waals surface area contributed by atoms with Crippen molar-refractivity contribution in [2.24, 2.45) is 23.7 Å². The fraction of sp³-hybridized carbons (Fsp3) is 0.630. The van der Waals surface area contributed by atoms with Crippen LogP contribution in [0.4, 0.5) is 0 Å². The Labute approximate surface area is 416 Å². The van der Waals surface area contributed by atoms with Gasteiger partial charge in [-0.05, 0) is 81.3 Å². The predicted molar refractivity (Wildman–Crippen MR) is 272 cm³/mol. The lowest BCUT2D eigenvalue weighted by atomic mass is 9.87. The van der Waals surface area contributed by atoms with Gasteiger partial charge < -0.3 is 35.1 Å². The number of aromatic amines is 1. The zero-order valence-corrected chi connectivity index (χ0v) is 43.7. The molecular weight excluding hydrogens is 891 g/mol. The third kappa shape index (κ3) is 15.7. The van der Waals surface area contributed by atoms with Gasteiger partial charge >= 0.3 is 5.97 Å². The number of carboxylic acid groups (broad SMARTS) is 1. The number of benzene rings is 2. The van der Waals surface area contributed by atoms with E-state index in [1.807, 2.05) is 112 Å². The maximum atomic E-state index is 14.6. The molecular formula is C54H83N7O9. The van der Waals surface area contributed by atoms with E-state index in [4.69, 9.17) is 14.6 Å². The first-order valence-electron chi connectivity index (χ1n) is 25.4. The van der Waals surface area contributed by atoms with Crippen LogP contribution in [0, 0.1) is 23.7 Å². The summed E-state index contributed by atoms with van der Waals surface area (Å²) in [5, 5.41) is 18.8. The Hall–Kier alpha value is -5.16. The van der Waals surface area contributed by atoms with Crippen LogP contribution >= 0.6 is 0 Å². The van der Waals surface area contributed by atoms with Crippen molar-refractivity contribution in [1.82, 2.24) is 35.6 Å². The Morgan fingerprint density at radius 1 is 0.829 bits per heavy atom. The Morgan fingerprint density at radius 2 is 1.49 bits per heavy atom. The lowest BCUT2D eigenvalue weighted by Crippen LogP contribution is -2.60. The number of unbranched alkanes of at least 4 members (excludes halogenated alkanes) is 2. The van der Waals surface area contributed by atoms with E-state index in [1.54, 1.807) is 26.0 Å². The SMILES string of the molecule is CC[C@H](C)[C@@H]([C@@H](CC(=O)N1CCC[C@H]1[C@H](OC)[C@@H](C)C(=O)N[C@@H](Cc1c[nH]c2ccccc12)C(=O)NCc1ccccc1)OC)N(C)[C@H](C(=O)NC(=O)[C@H](C(C)C)N(C)CCCCCC(=O)O)C(C)C. The van der Waals surface area contributed by atoms with Crippen molar-refractivity contribution in [2.75, 3.05) is 41.4 Å². The van der Waals surface area contributed by atoms with Gasteiger partial charge in [0.05, 0.1) is 42.7 Å². The number of likely N-dealkylation sites (tertiary alicyclic amines) is 1. The summed E-state index contributed by atoms with van der Waals surface area (Å²) in [7, 11) is 6.84. The average molecular weight is 974 g/mol. The number of fused-ring (bicyclic) bond motifs is 1. The van der Waals surface area contributed by atoms with Gasteiger partial charge in [0.2, 0.25) is 29.5 Å². The smallest absolute Gasteiger partial charge is 0.303 e. The van der Waals surface area contributed by atoms with Crippen molar-refractivity contribution in [2.45, 2.75) is 155 Å². The third-order valence-electron chi connectivity index (χ3n) is 14.3. The van der Waals surface area contributed by atoms with Gasteiger partial charge in [-0.25, -0.2) is 0 Å². The average Bonchev–Trinajstić information content (AvgIpc) is 3.98. The quantitative estimate of drug-likeness (QED) is 0.0498. The molecule has 3 aromatic rings. The number of aromatic nitrogens is 1. The Morgan fingerprint density at radius 3 is 2.11 bits per heavy atom. The molecule has 16 heteroatoms. The minimum atomic E-state index is -0.894. The van der Waals surface area contributed by atoms with Crippen molar-refractivity contribution in [3.8, 4) is 0 Å². The molecule has 388 valence electrons. The predicted octanol–water partition coefficient (Wildman–Crippen LogP) is 6.17. The van der Waals surface area contributed by atoms with Crippen LogP contribution in [-0.4, -0.2) is 144 Å². The van der Waals surface area contributed by atoms with Gasteiger partial charge in [-0.2, -0.15) is 0 Å². The summed E-state index contributed by atoms with van der Waals surface area (Å²) in [6.07, 6.45) is 4.99. The highest BCUT2D eigenvalue weighted by atomic mass is 16.5. The molecule has 1 saturated heterocycles. The lowest BCUT2D eigenvalue weighted by molar-refractivity contribution is -0.144. The van der Waals surface area contributed by atoms with E-state index in [0.29, 0.717) is 38.9 Å². The molecule has 5 amide bonds. The molecule has 0 aliphatic carbocycles. The van der Waals surface area contributed by atoms with E-state index in [2.05, 4.69) is 34.8 Å². The van der Waals surface area contributed by atoms with E-state index in [0.717, 1.165) is 41.3 Å².